The molecule has 1 atom stereocenters. The normalized spacial score (nSPS) is 21.5. The van der Waals surface area contributed by atoms with Gasteiger partial charge in [-0.05, 0) is 46.7 Å². The van der Waals surface area contributed by atoms with Crippen LogP contribution in [0.1, 0.15) is 33.6 Å². The molecule has 86 valence electrons. The second-order valence-corrected chi connectivity index (χ2v) is 4.84. The van der Waals surface area contributed by atoms with E-state index >= 15 is 0 Å². The van der Waals surface area contributed by atoms with E-state index in [4.69, 9.17) is 5.26 Å². The van der Waals surface area contributed by atoms with Crippen LogP contribution in [0.3, 0.4) is 0 Å². The van der Waals surface area contributed by atoms with E-state index in [9.17, 15) is 0 Å². The molecular formula is C12H23N3. The number of piperidine rings is 1. The summed E-state index contributed by atoms with van der Waals surface area (Å²) in [6.07, 6.45) is 2.44. The summed E-state index contributed by atoms with van der Waals surface area (Å²) in [6, 6.07) is 3.55. The quantitative estimate of drug-likeness (QED) is 0.764. The van der Waals surface area contributed by atoms with Gasteiger partial charge in [-0.25, -0.2) is 0 Å². The molecule has 0 spiro atoms. The zero-order valence-corrected chi connectivity index (χ0v) is 10.2. The summed E-state index contributed by atoms with van der Waals surface area (Å²) in [4.78, 5) is 2.52. The molecule has 3 nitrogen and oxygen atoms in total. The lowest BCUT2D eigenvalue weighted by atomic mass is 10.0. The van der Waals surface area contributed by atoms with Crippen LogP contribution in [0.15, 0.2) is 0 Å². The summed E-state index contributed by atoms with van der Waals surface area (Å²) in [5.74, 6) is 0.133. The van der Waals surface area contributed by atoms with Crippen molar-refractivity contribution in [3.05, 3.63) is 0 Å². The third-order valence-corrected chi connectivity index (χ3v) is 3.19. The molecule has 3 heteroatoms. The van der Waals surface area contributed by atoms with Crippen LogP contribution in [-0.4, -0.2) is 36.6 Å². The van der Waals surface area contributed by atoms with Crippen LogP contribution in [0.4, 0.5) is 0 Å². The van der Waals surface area contributed by atoms with Crippen molar-refractivity contribution in [3.63, 3.8) is 0 Å². The van der Waals surface area contributed by atoms with Gasteiger partial charge in [-0.15, -0.1) is 0 Å². The van der Waals surface area contributed by atoms with Gasteiger partial charge in [0.1, 0.15) is 0 Å². The summed E-state index contributed by atoms with van der Waals surface area (Å²) in [5.41, 5.74) is 0. The fourth-order valence-corrected chi connectivity index (χ4v) is 2.01. The monoisotopic (exact) mass is 209 g/mol. The standard InChI is InChI=1S/C12H23N3/c1-10(2)15-6-4-12(5-7-15)14-9-11(3)8-13/h10-12,14H,4-7,9H2,1-3H3. The molecule has 1 rings (SSSR count). The molecule has 0 aromatic rings. The number of nitrogens with one attached hydrogen (secondary N) is 1. The Morgan fingerprint density at radius 3 is 2.40 bits per heavy atom. The van der Waals surface area contributed by atoms with Crippen molar-refractivity contribution in [2.75, 3.05) is 19.6 Å². The molecule has 0 aliphatic carbocycles. The van der Waals surface area contributed by atoms with Gasteiger partial charge in [0.2, 0.25) is 0 Å². The average Bonchev–Trinajstić information content (AvgIpc) is 2.26. The lowest BCUT2D eigenvalue weighted by Crippen LogP contribution is -2.45. The highest BCUT2D eigenvalue weighted by molar-refractivity contribution is 4.84. The topological polar surface area (TPSA) is 39.1 Å². The Balaban J connectivity index is 2.18. The van der Waals surface area contributed by atoms with Crippen molar-refractivity contribution in [2.45, 2.75) is 45.7 Å². The summed E-state index contributed by atoms with van der Waals surface area (Å²) in [5, 5.41) is 12.2. The SMILES string of the molecule is CC(C#N)CNC1CCN(C(C)C)CC1. The minimum absolute atomic E-state index is 0.133. The maximum Gasteiger partial charge on any atom is 0.0666 e. The van der Waals surface area contributed by atoms with E-state index in [1.807, 2.05) is 6.92 Å². The predicted molar refractivity (Wildman–Crippen MR) is 62.5 cm³/mol. The molecule has 0 saturated carbocycles. The van der Waals surface area contributed by atoms with Gasteiger partial charge >= 0.3 is 0 Å². The molecule has 1 N–H and O–H groups in total. The zero-order chi connectivity index (χ0) is 11.3. The molecule has 1 aliphatic heterocycles. The Bertz CT molecular complexity index is 211. The molecule has 1 unspecified atom stereocenters. The van der Waals surface area contributed by atoms with Crippen molar-refractivity contribution in [1.82, 2.24) is 10.2 Å². The number of rotatable bonds is 4. The van der Waals surface area contributed by atoms with Crippen LogP contribution in [0.5, 0.6) is 0 Å². The van der Waals surface area contributed by atoms with E-state index < -0.39 is 0 Å². The number of hydrogen-bond donors (Lipinski definition) is 1. The third-order valence-electron chi connectivity index (χ3n) is 3.19. The lowest BCUT2D eigenvalue weighted by Gasteiger charge is -2.35. The van der Waals surface area contributed by atoms with Crippen molar-refractivity contribution in [1.29, 1.82) is 5.26 Å². The van der Waals surface area contributed by atoms with Crippen molar-refractivity contribution >= 4 is 0 Å². The molecular weight excluding hydrogens is 186 g/mol. The van der Waals surface area contributed by atoms with Gasteiger partial charge < -0.3 is 10.2 Å². The number of hydrogen-bond acceptors (Lipinski definition) is 3. The minimum atomic E-state index is 0.133. The van der Waals surface area contributed by atoms with E-state index in [-0.39, 0.29) is 5.92 Å². The highest BCUT2D eigenvalue weighted by Gasteiger charge is 2.20. The molecule has 0 radical (unpaired) electrons. The molecule has 1 heterocycles. The molecule has 1 saturated heterocycles. The maximum atomic E-state index is 8.68. The van der Waals surface area contributed by atoms with Crippen LogP contribution in [0.2, 0.25) is 0 Å². The maximum absolute atomic E-state index is 8.68. The van der Waals surface area contributed by atoms with E-state index in [0.29, 0.717) is 12.1 Å². The van der Waals surface area contributed by atoms with Gasteiger partial charge in [0.15, 0.2) is 0 Å². The van der Waals surface area contributed by atoms with Crippen LogP contribution < -0.4 is 5.32 Å². The van der Waals surface area contributed by atoms with Crippen LogP contribution >= 0.6 is 0 Å². The smallest absolute Gasteiger partial charge is 0.0666 e. The first-order valence-electron chi connectivity index (χ1n) is 6.00. The van der Waals surface area contributed by atoms with Gasteiger partial charge in [0.25, 0.3) is 0 Å². The van der Waals surface area contributed by atoms with Crippen molar-refractivity contribution < 1.29 is 0 Å². The van der Waals surface area contributed by atoms with Gasteiger partial charge in [-0.1, -0.05) is 0 Å². The summed E-state index contributed by atoms with van der Waals surface area (Å²) >= 11 is 0. The van der Waals surface area contributed by atoms with Crippen molar-refractivity contribution in [3.8, 4) is 6.07 Å². The predicted octanol–water partition coefficient (Wildman–Crippen LogP) is 1.61. The van der Waals surface area contributed by atoms with Gasteiger partial charge in [0.05, 0.1) is 12.0 Å². The highest BCUT2D eigenvalue weighted by atomic mass is 15.2. The highest BCUT2D eigenvalue weighted by Crippen LogP contribution is 2.12. The van der Waals surface area contributed by atoms with E-state index in [0.717, 1.165) is 6.54 Å². The molecule has 0 bridgehead atoms. The molecule has 0 aromatic heterocycles. The second-order valence-electron chi connectivity index (χ2n) is 4.84. The Kier molecular flexibility index (Phi) is 5.07. The van der Waals surface area contributed by atoms with Crippen LogP contribution in [-0.2, 0) is 0 Å². The van der Waals surface area contributed by atoms with Crippen LogP contribution in [0.25, 0.3) is 0 Å². The van der Waals surface area contributed by atoms with Crippen LogP contribution in [0, 0.1) is 17.2 Å². The first kappa shape index (κ1) is 12.5. The number of likely N-dealkylation sites (tertiary alicyclic amines) is 1. The molecule has 0 amide bonds. The van der Waals surface area contributed by atoms with Gasteiger partial charge in [-0.3, -0.25) is 0 Å². The van der Waals surface area contributed by atoms with Gasteiger partial charge in [-0.2, -0.15) is 5.26 Å². The summed E-state index contributed by atoms with van der Waals surface area (Å²) < 4.78 is 0. The lowest BCUT2D eigenvalue weighted by molar-refractivity contribution is 0.160. The third kappa shape index (κ3) is 4.19. The Morgan fingerprint density at radius 1 is 1.33 bits per heavy atom. The summed E-state index contributed by atoms with van der Waals surface area (Å²) in [7, 11) is 0. The Hall–Kier alpha value is -0.590. The Labute approximate surface area is 93.5 Å². The number of nitriles is 1. The minimum Gasteiger partial charge on any atom is -0.313 e. The zero-order valence-electron chi connectivity index (χ0n) is 10.2. The first-order chi connectivity index (χ1) is 7.13. The van der Waals surface area contributed by atoms with E-state index in [1.54, 1.807) is 0 Å². The first-order valence-corrected chi connectivity index (χ1v) is 6.00. The average molecular weight is 209 g/mol. The largest absolute Gasteiger partial charge is 0.313 e. The molecule has 0 aromatic carbocycles. The number of nitrogens with zero attached hydrogens (tertiary/aromatic N) is 2. The Morgan fingerprint density at radius 2 is 1.93 bits per heavy atom. The fourth-order valence-electron chi connectivity index (χ4n) is 2.01. The second kappa shape index (κ2) is 6.09. The van der Waals surface area contributed by atoms with Gasteiger partial charge in [0, 0.05) is 18.6 Å². The summed E-state index contributed by atoms with van der Waals surface area (Å²) in [6.45, 7) is 9.70. The van der Waals surface area contributed by atoms with Crippen molar-refractivity contribution in [2.24, 2.45) is 5.92 Å². The van der Waals surface area contributed by atoms with E-state index in [2.05, 4.69) is 30.1 Å². The molecule has 15 heavy (non-hydrogen) atoms. The molecule has 1 aliphatic rings. The fraction of sp³-hybridized carbons (Fsp3) is 0.917. The van der Waals surface area contributed by atoms with E-state index in [1.165, 1.54) is 25.9 Å². The molecule has 1 fully saturated rings.